The van der Waals surface area contributed by atoms with E-state index >= 15 is 0 Å². The van der Waals surface area contributed by atoms with E-state index in [0.29, 0.717) is 23.2 Å². The topological polar surface area (TPSA) is 98.7 Å². The number of benzene rings is 2. The van der Waals surface area contributed by atoms with Gasteiger partial charge in [0.05, 0.1) is 17.8 Å². The van der Waals surface area contributed by atoms with Crippen molar-refractivity contribution in [1.82, 2.24) is 25.3 Å². The van der Waals surface area contributed by atoms with Crippen LogP contribution in [0.25, 0.3) is 16.7 Å². The molecule has 2 aromatic heterocycles. The van der Waals surface area contributed by atoms with Crippen molar-refractivity contribution in [2.24, 2.45) is 5.73 Å². The van der Waals surface area contributed by atoms with Gasteiger partial charge in [-0.3, -0.25) is 4.79 Å². The summed E-state index contributed by atoms with van der Waals surface area (Å²) in [6, 6.07) is 13.8. The third kappa shape index (κ3) is 4.56. The van der Waals surface area contributed by atoms with Crippen LogP contribution in [0.3, 0.4) is 0 Å². The van der Waals surface area contributed by atoms with E-state index in [1.807, 2.05) is 31.2 Å². The van der Waals surface area contributed by atoms with Crippen molar-refractivity contribution in [1.29, 1.82) is 0 Å². The highest BCUT2D eigenvalue weighted by Gasteiger charge is 2.34. The van der Waals surface area contributed by atoms with E-state index in [1.165, 1.54) is 0 Å². The molecule has 2 aromatic carbocycles. The molecular formula is C23H21F3N6O. The molecule has 1 unspecified atom stereocenters. The van der Waals surface area contributed by atoms with Crippen molar-refractivity contribution in [2.75, 3.05) is 0 Å². The molecule has 33 heavy (non-hydrogen) atoms. The van der Waals surface area contributed by atoms with Gasteiger partial charge in [-0.05, 0) is 48.7 Å². The Morgan fingerprint density at radius 1 is 1.18 bits per heavy atom. The second-order valence-corrected chi connectivity index (χ2v) is 7.68. The average Bonchev–Trinajstić information content (AvgIpc) is 3.29. The Balaban J connectivity index is 1.72. The van der Waals surface area contributed by atoms with Crippen LogP contribution in [-0.2, 0) is 12.7 Å². The Labute approximate surface area is 187 Å². The Morgan fingerprint density at radius 3 is 2.64 bits per heavy atom. The molecule has 0 aliphatic heterocycles. The summed E-state index contributed by atoms with van der Waals surface area (Å²) in [6.07, 6.45) is -3.83. The lowest BCUT2D eigenvalue weighted by Crippen LogP contribution is -2.28. The Hall–Kier alpha value is -3.79. The highest BCUT2D eigenvalue weighted by molar-refractivity contribution is 5.96. The molecule has 0 saturated carbocycles. The van der Waals surface area contributed by atoms with Gasteiger partial charge in [0.25, 0.3) is 5.91 Å². The first-order valence-electron chi connectivity index (χ1n) is 10.2. The SMILES string of the molecule is Cc1ccc(CN)cc1C(=O)NC(C)c1cc(-n2cc(C(F)(F)F)nn2)nc2ccccc12. The van der Waals surface area contributed by atoms with Gasteiger partial charge in [-0.25, -0.2) is 9.67 Å². The fourth-order valence-electron chi connectivity index (χ4n) is 3.56. The largest absolute Gasteiger partial charge is 0.436 e. The number of halogens is 3. The van der Waals surface area contributed by atoms with Crippen molar-refractivity contribution < 1.29 is 18.0 Å². The number of carbonyl (C=O) groups excluding carboxylic acids is 1. The van der Waals surface area contributed by atoms with Crippen molar-refractivity contribution in [3.63, 3.8) is 0 Å². The molecular weight excluding hydrogens is 433 g/mol. The second-order valence-electron chi connectivity index (χ2n) is 7.68. The molecule has 170 valence electrons. The molecule has 1 atom stereocenters. The van der Waals surface area contributed by atoms with Crippen molar-refractivity contribution in [3.05, 3.63) is 82.7 Å². The molecule has 10 heteroatoms. The molecule has 0 bridgehead atoms. The third-order valence-electron chi connectivity index (χ3n) is 5.35. The molecule has 0 aliphatic carbocycles. The van der Waals surface area contributed by atoms with E-state index in [9.17, 15) is 18.0 Å². The quantitative estimate of drug-likeness (QED) is 0.473. The highest BCUT2D eigenvalue weighted by Crippen LogP contribution is 2.29. The summed E-state index contributed by atoms with van der Waals surface area (Å²) < 4.78 is 39.9. The predicted octanol–water partition coefficient (Wildman–Crippen LogP) is 4.09. The molecule has 2 heterocycles. The van der Waals surface area contributed by atoms with Crippen LogP contribution >= 0.6 is 0 Å². The molecule has 0 spiro atoms. The number of carbonyl (C=O) groups is 1. The molecule has 0 saturated heterocycles. The van der Waals surface area contributed by atoms with Crippen LogP contribution < -0.4 is 11.1 Å². The number of hydrogen-bond acceptors (Lipinski definition) is 5. The Morgan fingerprint density at radius 2 is 1.94 bits per heavy atom. The van der Waals surface area contributed by atoms with E-state index in [-0.39, 0.29) is 11.7 Å². The molecule has 7 nitrogen and oxygen atoms in total. The number of rotatable bonds is 5. The zero-order chi connectivity index (χ0) is 23.8. The molecule has 0 fully saturated rings. The normalized spacial score (nSPS) is 12.7. The van der Waals surface area contributed by atoms with Crippen molar-refractivity contribution in [2.45, 2.75) is 32.6 Å². The van der Waals surface area contributed by atoms with Gasteiger partial charge in [0.15, 0.2) is 11.5 Å². The van der Waals surface area contributed by atoms with Crippen LogP contribution in [0, 0.1) is 6.92 Å². The van der Waals surface area contributed by atoms with Crippen LogP contribution in [0.2, 0.25) is 0 Å². The lowest BCUT2D eigenvalue weighted by Gasteiger charge is -2.18. The maximum atomic E-state index is 13.0. The maximum absolute atomic E-state index is 13.0. The summed E-state index contributed by atoms with van der Waals surface area (Å²) in [6.45, 7) is 3.95. The van der Waals surface area contributed by atoms with E-state index in [4.69, 9.17) is 5.73 Å². The van der Waals surface area contributed by atoms with Gasteiger partial charge in [-0.15, -0.1) is 5.10 Å². The van der Waals surface area contributed by atoms with Crippen molar-refractivity contribution in [3.8, 4) is 5.82 Å². The number of aromatic nitrogens is 4. The summed E-state index contributed by atoms with van der Waals surface area (Å²) in [4.78, 5) is 17.4. The molecule has 4 aromatic rings. The van der Waals surface area contributed by atoms with Crippen LogP contribution in [0.5, 0.6) is 0 Å². The van der Waals surface area contributed by atoms with Gasteiger partial charge < -0.3 is 11.1 Å². The minimum absolute atomic E-state index is 0.161. The first-order valence-corrected chi connectivity index (χ1v) is 10.2. The van der Waals surface area contributed by atoms with Crippen LogP contribution in [0.4, 0.5) is 13.2 Å². The summed E-state index contributed by atoms with van der Waals surface area (Å²) >= 11 is 0. The highest BCUT2D eigenvalue weighted by atomic mass is 19.4. The number of para-hydroxylation sites is 1. The van der Waals surface area contributed by atoms with Gasteiger partial charge in [-0.1, -0.05) is 35.5 Å². The first kappa shape index (κ1) is 22.4. The maximum Gasteiger partial charge on any atom is 0.436 e. The number of fused-ring (bicyclic) bond motifs is 1. The average molecular weight is 454 g/mol. The van der Waals surface area contributed by atoms with Crippen LogP contribution in [-0.4, -0.2) is 25.9 Å². The standard InChI is InChI=1S/C23H21F3N6O/c1-13-7-8-15(11-27)9-17(13)22(33)28-14(2)18-10-21(29-19-6-4-3-5-16(18)19)32-12-20(30-31-32)23(24,25)26/h3-10,12,14H,11,27H2,1-2H3,(H,28,33). The van der Waals surface area contributed by atoms with E-state index in [1.54, 1.807) is 31.2 Å². The number of nitrogens with one attached hydrogen (secondary N) is 1. The lowest BCUT2D eigenvalue weighted by molar-refractivity contribution is -0.141. The Kier molecular flexibility index (Phi) is 5.86. The fraction of sp³-hybridized carbons (Fsp3) is 0.217. The Bertz CT molecular complexity index is 1330. The summed E-state index contributed by atoms with van der Waals surface area (Å²) in [5, 5.41) is 10.5. The summed E-state index contributed by atoms with van der Waals surface area (Å²) in [5.74, 6) is -0.119. The van der Waals surface area contributed by atoms with Gasteiger partial charge in [0.1, 0.15) is 0 Å². The van der Waals surface area contributed by atoms with E-state index in [2.05, 4.69) is 20.6 Å². The number of pyridine rings is 1. The summed E-state index contributed by atoms with van der Waals surface area (Å²) in [5.41, 5.74) is 7.97. The monoisotopic (exact) mass is 454 g/mol. The smallest absolute Gasteiger partial charge is 0.345 e. The second kappa shape index (κ2) is 8.62. The molecule has 3 N–H and O–H groups in total. The molecule has 4 rings (SSSR count). The van der Waals surface area contributed by atoms with E-state index < -0.39 is 17.9 Å². The van der Waals surface area contributed by atoms with Crippen LogP contribution in [0.15, 0.2) is 54.7 Å². The van der Waals surface area contributed by atoms with Gasteiger partial charge in [0.2, 0.25) is 0 Å². The third-order valence-corrected chi connectivity index (χ3v) is 5.35. The van der Waals surface area contributed by atoms with Gasteiger partial charge in [-0.2, -0.15) is 13.2 Å². The first-order chi connectivity index (χ1) is 15.7. The number of aryl methyl sites for hydroxylation is 1. The number of hydrogen-bond donors (Lipinski definition) is 2. The lowest BCUT2D eigenvalue weighted by atomic mass is 10.0. The fourth-order valence-corrected chi connectivity index (χ4v) is 3.56. The molecule has 1 amide bonds. The van der Waals surface area contributed by atoms with Crippen LogP contribution in [0.1, 0.15) is 45.7 Å². The minimum Gasteiger partial charge on any atom is -0.345 e. The molecule has 0 aliphatic rings. The van der Waals surface area contributed by atoms with Crippen molar-refractivity contribution >= 4 is 16.8 Å². The number of nitrogens with two attached hydrogens (primary N) is 1. The minimum atomic E-state index is -4.62. The van der Waals surface area contributed by atoms with E-state index in [0.717, 1.165) is 27.4 Å². The summed E-state index contributed by atoms with van der Waals surface area (Å²) in [7, 11) is 0. The zero-order valence-corrected chi connectivity index (χ0v) is 17.9. The van der Waals surface area contributed by atoms with Gasteiger partial charge in [0, 0.05) is 17.5 Å². The number of alkyl halides is 3. The number of nitrogens with zero attached hydrogens (tertiary/aromatic N) is 4. The number of amides is 1. The molecule has 0 radical (unpaired) electrons. The predicted molar refractivity (Wildman–Crippen MR) is 117 cm³/mol. The van der Waals surface area contributed by atoms with Gasteiger partial charge >= 0.3 is 6.18 Å². The zero-order valence-electron chi connectivity index (χ0n) is 17.9.